The Hall–Kier alpha value is -2.99. The van der Waals surface area contributed by atoms with Gasteiger partial charge in [-0.05, 0) is 61.7 Å². The third-order valence-corrected chi connectivity index (χ3v) is 5.70. The SMILES string of the molecule is Cc1cc(C)n(-c2ccc(CCC(=O)N3CCN(Cc4ccncc4)CC3)cc2)n1. The number of benzene rings is 1. The maximum atomic E-state index is 12.7. The lowest BCUT2D eigenvalue weighted by Crippen LogP contribution is -2.48. The first-order chi connectivity index (χ1) is 14.6. The standard InChI is InChI=1S/C24H29N5O/c1-19-17-20(2)29(26-19)23-6-3-21(4-7-23)5-8-24(30)28-15-13-27(14-16-28)18-22-9-11-25-12-10-22/h3-4,6-7,9-12,17H,5,8,13-16,18H2,1-2H3. The van der Waals surface area contributed by atoms with Crippen molar-refractivity contribution in [2.45, 2.75) is 33.2 Å². The summed E-state index contributed by atoms with van der Waals surface area (Å²) < 4.78 is 1.95. The van der Waals surface area contributed by atoms with Crippen molar-refractivity contribution in [1.29, 1.82) is 0 Å². The third kappa shape index (κ3) is 4.94. The minimum Gasteiger partial charge on any atom is -0.340 e. The molecule has 3 aromatic rings. The summed E-state index contributed by atoms with van der Waals surface area (Å²) in [6, 6.07) is 14.5. The summed E-state index contributed by atoms with van der Waals surface area (Å²) in [7, 11) is 0. The van der Waals surface area contributed by atoms with E-state index in [4.69, 9.17) is 0 Å². The molecule has 0 aliphatic carbocycles. The van der Waals surface area contributed by atoms with Crippen molar-refractivity contribution in [3.8, 4) is 5.69 Å². The Morgan fingerprint density at radius 1 is 0.933 bits per heavy atom. The van der Waals surface area contributed by atoms with Gasteiger partial charge in [0.15, 0.2) is 0 Å². The highest BCUT2D eigenvalue weighted by Gasteiger charge is 2.20. The van der Waals surface area contributed by atoms with E-state index in [2.05, 4.69) is 64.4 Å². The minimum absolute atomic E-state index is 0.251. The molecule has 1 aromatic carbocycles. The number of aromatic nitrogens is 3. The summed E-state index contributed by atoms with van der Waals surface area (Å²) in [5.41, 5.74) is 5.65. The molecule has 1 aliphatic rings. The molecule has 1 fully saturated rings. The first kappa shape index (κ1) is 20.3. The Morgan fingerprint density at radius 2 is 1.63 bits per heavy atom. The van der Waals surface area contributed by atoms with Crippen LogP contribution in [-0.2, 0) is 17.8 Å². The third-order valence-electron chi connectivity index (χ3n) is 5.70. The van der Waals surface area contributed by atoms with Crippen molar-refractivity contribution in [2.24, 2.45) is 0 Å². The number of amides is 1. The molecule has 0 unspecified atom stereocenters. The van der Waals surface area contributed by atoms with Gasteiger partial charge in [-0.3, -0.25) is 14.7 Å². The van der Waals surface area contributed by atoms with E-state index in [1.807, 2.05) is 28.9 Å². The highest BCUT2D eigenvalue weighted by molar-refractivity contribution is 5.76. The molecule has 1 amide bonds. The number of hydrogen-bond donors (Lipinski definition) is 0. The molecule has 0 N–H and O–H groups in total. The summed E-state index contributed by atoms with van der Waals surface area (Å²) >= 11 is 0. The summed E-state index contributed by atoms with van der Waals surface area (Å²) in [6.45, 7) is 8.44. The number of hydrogen-bond acceptors (Lipinski definition) is 4. The predicted octanol–water partition coefficient (Wildman–Crippen LogP) is 3.16. The zero-order valence-corrected chi connectivity index (χ0v) is 17.8. The number of carbonyl (C=O) groups excluding carboxylic acids is 1. The van der Waals surface area contributed by atoms with E-state index in [9.17, 15) is 4.79 Å². The Kier molecular flexibility index (Phi) is 6.23. The van der Waals surface area contributed by atoms with E-state index in [0.717, 1.165) is 56.2 Å². The van der Waals surface area contributed by atoms with Gasteiger partial charge in [-0.25, -0.2) is 4.68 Å². The second-order valence-electron chi connectivity index (χ2n) is 8.02. The van der Waals surface area contributed by atoms with Crippen LogP contribution >= 0.6 is 0 Å². The smallest absolute Gasteiger partial charge is 0.222 e. The molecular weight excluding hydrogens is 374 g/mol. The Bertz CT molecular complexity index is 973. The van der Waals surface area contributed by atoms with Crippen LogP contribution in [0.1, 0.15) is 28.9 Å². The van der Waals surface area contributed by atoms with Crippen LogP contribution in [0.25, 0.3) is 5.69 Å². The maximum Gasteiger partial charge on any atom is 0.222 e. The topological polar surface area (TPSA) is 54.3 Å². The van der Waals surface area contributed by atoms with Crippen LogP contribution in [0.5, 0.6) is 0 Å². The minimum atomic E-state index is 0.251. The molecule has 30 heavy (non-hydrogen) atoms. The maximum absolute atomic E-state index is 12.7. The molecule has 0 saturated carbocycles. The molecule has 0 spiro atoms. The van der Waals surface area contributed by atoms with Crippen LogP contribution in [0.15, 0.2) is 54.9 Å². The molecule has 6 nitrogen and oxygen atoms in total. The van der Waals surface area contributed by atoms with E-state index in [-0.39, 0.29) is 5.91 Å². The number of piperazine rings is 1. The largest absolute Gasteiger partial charge is 0.340 e. The molecule has 6 heteroatoms. The Balaban J connectivity index is 1.24. The summed E-state index contributed by atoms with van der Waals surface area (Å²) in [5.74, 6) is 0.251. The molecule has 3 heterocycles. The predicted molar refractivity (Wildman–Crippen MR) is 117 cm³/mol. The van der Waals surface area contributed by atoms with Crippen molar-refractivity contribution in [1.82, 2.24) is 24.6 Å². The molecule has 2 aromatic heterocycles. The molecule has 156 valence electrons. The lowest BCUT2D eigenvalue weighted by molar-refractivity contribution is -0.133. The second kappa shape index (κ2) is 9.22. The second-order valence-corrected chi connectivity index (χ2v) is 8.02. The van der Waals surface area contributed by atoms with Gasteiger partial charge in [-0.2, -0.15) is 5.10 Å². The van der Waals surface area contributed by atoms with E-state index in [1.165, 1.54) is 11.1 Å². The lowest BCUT2D eigenvalue weighted by Gasteiger charge is -2.34. The first-order valence-corrected chi connectivity index (χ1v) is 10.6. The summed E-state index contributed by atoms with van der Waals surface area (Å²) in [5, 5.41) is 4.53. The van der Waals surface area contributed by atoms with Crippen molar-refractivity contribution < 1.29 is 4.79 Å². The number of pyridine rings is 1. The van der Waals surface area contributed by atoms with E-state index < -0.39 is 0 Å². The molecule has 4 rings (SSSR count). The quantitative estimate of drug-likeness (QED) is 0.634. The Morgan fingerprint density at radius 3 is 2.27 bits per heavy atom. The number of rotatable bonds is 6. The van der Waals surface area contributed by atoms with E-state index in [0.29, 0.717) is 6.42 Å². The lowest BCUT2D eigenvalue weighted by atomic mass is 10.1. The molecule has 0 atom stereocenters. The van der Waals surface area contributed by atoms with Crippen LogP contribution in [0.2, 0.25) is 0 Å². The zero-order valence-electron chi connectivity index (χ0n) is 17.8. The Labute approximate surface area is 178 Å². The van der Waals surface area contributed by atoms with Gasteiger partial charge in [0, 0.05) is 57.2 Å². The van der Waals surface area contributed by atoms with Crippen LogP contribution in [-0.4, -0.2) is 56.7 Å². The number of aryl methyl sites for hydroxylation is 3. The van der Waals surface area contributed by atoms with Crippen molar-refractivity contribution in [3.63, 3.8) is 0 Å². The highest BCUT2D eigenvalue weighted by Crippen LogP contribution is 2.15. The molecule has 1 aliphatic heterocycles. The summed E-state index contributed by atoms with van der Waals surface area (Å²) in [6.07, 6.45) is 4.99. The fourth-order valence-electron chi connectivity index (χ4n) is 4.01. The van der Waals surface area contributed by atoms with E-state index >= 15 is 0 Å². The van der Waals surface area contributed by atoms with Crippen molar-refractivity contribution in [3.05, 3.63) is 77.4 Å². The van der Waals surface area contributed by atoms with Gasteiger partial charge >= 0.3 is 0 Å². The van der Waals surface area contributed by atoms with Gasteiger partial charge in [-0.15, -0.1) is 0 Å². The van der Waals surface area contributed by atoms with Crippen molar-refractivity contribution in [2.75, 3.05) is 26.2 Å². The van der Waals surface area contributed by atoms with Gasteiger partial charge in [0.1, 0.15) is 0 Å². The monoisotopic (exact) mass is 403 g/mol. The zero-order chi connectivity index (χ0) is 20.9. The molecular formula is C24H29N5O. The summed E-state index contributed by atoms with van der Waals surface area (Å²) in [4.78, 5) is 21.1. The highest BCUT2D eigenvalue weighted by atomic mass is 16.2. The fraction of sp³-hybridized carbons (Fsp3) is 0.375. The van der Waals surface area contributed by atoms with E-state index in [1.54, 1.807) is 0 Å². The van der Waals surface area contributed by atoms with Gasteiger partial charge in [0.05, 0.1) is 11.4 Å². The van der Waals surface area contributed by atoms with Crippen LogP contribution < -0.4 is 0 Å². The number of carbonyl (C=O) groups is 1. The normalized spacial score (nSPS) is 14.8. The van der Waals surface area contributed by atoms with Crippen LogP contribution in [0, 0.1) is 13.8 Å². The molecule has 0 bridgehead atoms. The van der Waals surface area contributed by atoms with Gasteiger partial charge in [0.25, 0.3) is 0 Å². The van der Waals surface area contributed by atoms with Gasteiger partial charge < -0.3 is 4.90 Å². The van der Waals surface area contributed by atoms with Crippen LogP contribution in [0.3, 0.4) is 0 Å². The van der Waals surface area contributed by atoms with Gasteiger partial charge in [-0.1, -0.05) is 12.1 Å². The van der Waals surface area contributed by atoms with Crippen LogP contribution in [0.4, 0.5) is 0 Å². The molecule has 1 saturated heterocycles. The molecule has 0 radical (unpaired) electrons. The first-order valence-electron chi connectivity index (χ1n) is 10.6. The van der Waals surface area contributed by atoms with Crippen molar-refractivity contribution >= 4 is 5.91 Å². The van der Waals surface area contributed by atoms with Gasteiger partial charge in [0.2, 0.25) is 5.91 Å². The fourth-order valence-corrected chi connectivity index (χ4v) is 4.01. The number of nitrogens with zero attached hydrogens (tertiary/aromatic N) is 5. The average molecular weight is 404 g/mol. The average Bonchev–Trinajstić information content (AvgIpc) is 3.11.